The van der Waals surface area contributed by atoms with Gasteiger partial charge in [0.25, 0.3) is 0 Å². The van der Waals surface area contributed by atoms with Crippen molar-refractivity contribution in [2.45, 2.75) is 38.8 Å². The molecule has 3 N–H and O–H groups in total. The summed E-state index contributed by atoms with van der Waals surface area (Å²) >= 11 is 1.72. The number of thioether (sulfide) groups is 1. The minimum atomic E-state index is -0.376. The molecule has 1 unspecified atom stereocenters. The van der Waals surface area contributed by atoms with E-state index in [0.29, 0.717) is 18.5 Å². The lowest BCUT2D eigenvalue weighted by atomic mass is 10.0. The van der Waals surface area contributed by atoms with Crippen LogP contribution in [0.3, 0.4) is 0 Å². The molecular weight excluding hydrogens is 246 g/mol. The van der Waals surface area contributed by atoms with E-state index in [2.05, 4.69) is 24.1 Å². The zero-order valence-electron chi connectivity index (χ0n) is 12.4. The Labute approximate surface area is 116 Å². The maximum Gasteiger partial charge on any atom is 0.237 e. The van der Waals surface area contributed by atoms with Crippen LogP contribution in [0, 0.1) is 5.92 Å². The smallest absolute Gasteiger partial charge is 0.237 e. The number of likely N-dealkylation sites (N-methyl/N-ethyl adjacent to an activating group) is 1. The van der Waals surface area contributed by atoms with Crippen molar-refractivity contribution in [3.05, 3.63) is 0 Å². The zero-order chi connectivity index (χ0) is 14.1. The van der Waals surface area contributed by atoms with E-state index in [-0.39, 0.29) is 11.9 Å². The third kappa shape index (κ3) is 7.95. The normalized spacial score (nSPS) is 14.9. The van der Waals surface area contributed by atoms with Gasteiger partial charge in [-0.1, -0.05) is 13.8 Å². The molecule has 2 atom stereocenters. The zero-order valence-corrected chi connectivity index (χ0v) is 13.2. The molecule has 5 heteroatoms. The van der Waals surface area contributed by atoms with Gasteiger partial charge >= 0.3 is 0 Å². The summed E-state index contributed by atoms with van der Waals surface area (Å²) in [5.41, 5.74) is 5.83. The summed E-state index contributed by atoms with van der Waals surface area (Å²) < 4.78 is 0. The first-order chi connectivity index (χ1) is 8.38. The Hall–Kier alpha value is -0.260. The van der Waals surface area contributed by atoms with E-state index in [4.69, 9.17) is 5.73 Å². The van der Waals surface area contributed by atoms with Crippen molar-refractivity contribution < 1.29 is 4.79 Å². The predicted molar refractivity (Wildman–Crippen MR) is 80.9 cm³/mol. The third-order valence-corrected chi connectivity index (χ3v) is 3.60. The third-order valence-electron chi connectivity index (χ3n) is 2.96. The molecule has 0 fully saturated rings. The highest BCUT2D eigenvalue weighted by molar-refractivity contribution is 7.98. The molecule has 0 heterocycles. The first-order valence-corrected chi connectivity index (χ1v) is 7.96. The number of hydrogen-bond acceptors (Lipinski definition) is 4. The number of hydrogen-bond donors (Lipinski definition) is 2. The summed E-state index contributed by atoms with van der Waals surface area (Å²) in [6.07, 6.45) is 3.84. The van der Waals surface area contributed by atoms with E-state index in [9.17, 15) is 4.79 Å². The average Bonchev–Trinajstić information content (AvgIpc) is 2.30. The van der Waals surface area contributed by atoms with Crippen LogP contribution >= 0.6 is 11.8 Å². The van der Waals surface area contributed by atoms with Crippen molar-refractivity contribution in [2.75, 3.05) is 32.6 Å². The second-order valence-corrected chi connectivity index (χ2v) is 6.37. The predicted octanol–water partition coefficient (Wildman–Crippen LogP) is 1.16. The summed E-state index contributed by atoms with van der Waals surface area (Å²) in [4.78, 5) is 14.0. The average molecular weight is 275 g/mol. The molecule has 4 nitrogen and oxygen atoms in total. The minimum absolute atomic E-state index is 0.0281. The van der Waals surface area contributed by atoms with Gasteiger partial charge in [-0.05, 0) is 44.9 Å². The van der Waals surface area contributed by atoms with Crippen molar-refractivity contribution in [3.8, 4) is 0 Å². The standard InChI is InChI=1S/C13H29N3OS/c1-10(2)8-11(16(3)4)9-15-13(17)12(14)6-7-18-5/h10-12H,6-9,14H2,1-5H3,(H,15,17)/t11?,12-/m0/s1. The molecule has 0 radical (unpaired) electrons. The van der Waals surface area contributed by atoms with Gasteiger partial charge in [-0.25, -0.2) is 0 Å². The lowest BCUT2D eigenvalue weighted by Gasteiger charge is -2.26. The van der Waals surface area contributed by atoms with Gasteiger partial charge in [0.2, 0.25) is 5.91 Å². The van der Waals surface area contributed by atoms with Crippen molar-refractivity contribution in [1.82, 2.24) is 10.2 Å². The van der Waals surface area contributed by atoms with Gasteiger partial charge in [0.05, 0.1) is 6.04 Å². The molecule has 0 aliphatic carbocycles. The Balaban J connectivity index is 4.06. The van der Waals surface area contributed by atoms with E-state index >= 15 is 0 Å². The second kappa shape index (κ2) is 9.64. The Morgan fingerprint density at radius 1 is 1.39 bits per heavy atom. The SMILES string of the molecule is CSCC[C@H](N)C(=O)NCC(CC(C)C)N(C)C. The molecular formula is C13H29N3OS. The van der Waals surface area contributed by atoms with Gasteiger partial charge in [-0.3, -0.25) is 4.79 Å². The molecule has 1 amide bonds. The molecule has 18 heavy (non-hydrogen) atoms. The first kappa shape index (κ1) is 17.7. The second-order valence-electron chi connectivity index (χ2n) is 5.38. The fraction of sp³-hybridized carbons (Fsp3) is 0.923. The number of carbonyl (C=O) groups excluding carboxylic acids is 1. The molecule has 0 saturated heterocycles. The Kier molecular flexibility index (Phi) is 9.50. The van der Waals surface area contributed by atoms with Crippen LogP contribution in [0.4, 0.5) is 0 Å². The lowest BCUT2D eigenvalue weighted by Crippen LogP contribution is -2.47. The largest absolute Gasteiger partial charge is 0.353 e. The van der Waals surface area contributed by atoms with Crippen LogP contribution in [-0.2, 0) is 4.79 Å². The van der Waals surface area contributed by atoms with E-state index in [1.165, 1.54) is 0 Å². The number of rotatable bonds is 9. The van der Waals surface area contributed by atoms with Gasteiger partial charge in [-0.15, -0.1) is 0 Å². The monoisotopic (exact) mass is 275 g/mol. The van der Waals surface area contributed by atoms with Crippen LogP contribution in [0.2, 0.25) is 0 Å². The molecule has 0 saturated carbocycles. The van der Waals surface area contributed by atoms with Crippen LogP contribution in [0.25, 0.3) is 0 Å². The quantitative estimate of drug-likeness (QED) is 0.663. The van der Waals surface area contributed by atoms with Crippen molar-refractivity contribution in [1.29, 1.82) is 0 Å². The number of carbonyl (C=O) groups is 1. The molecule has 0 bridgehead atoms. The van der Waals surface area contributed by atoms with Gasteiger partial charge in [0, 0.05) is 12.6 Å². The summed E-state index contributed by atoms with van der Waals surface area (Å²) in [6.45, 7) is 5.07. The fourth-order valence-electron chi connectivity index (χ4n) is 1.75. The maximum atomic E-state index is 11.8. The van der Waals surface area contributed by atoms with Crippen LogP contribution in [0.15, 0.2) is 0 Å². The number of nitrogens with one attached hydrogen (secondary N) is 1. The molecule has 0 aromatic heterocycles. The number of amides is 1. The topological polar surface area (TPSA) is 58.4 Å². The van der Waals surface area contributed by atoms with Crippen LogP contribution < -0.4 is 11.1 Å². The van der Waals surface area contributed by atoms with Gasteiger partial charge < -0.3 is 16.0 Å². The van der Waals surface area contributed by atoms with E-state index < -0.39 is 0 Å². The molecule has 108 valence electrons. The van der Waals surface area contributed by atoms with E-state index in [1.807, 2.05) is 20.4 Å². The molecule has 0 aromatic carbocycles. The number of nitrogens with zero attached hydrogens (tertiary/aromatic N) is 1. The molecule has 0 aromatic rings. The van der Waals surface area contributed by atoms with E-state index in [0.717, 1.165) is 18.6 Å². The highest BCUT2D eigenvalue weighted by atomic mass is 32.2. The first-order valence-electron chi connectivity index (χ1n) is 6.57. The minimum Gasteiger partial charge on any atom is -0.353 e. The Morgan fingerprint density at radius 3 is 2.44 bits per heavy atom. The molecule has 0 aliphatic rings. The molecule has 0 rings (SSSR count). The maximum absolute atomic E-state index is 11.8. The van der Waals surface area contributed by atoms with Gasteiger partial charge in [-0.2, -0.15) is 11.8 Å². The summed E-state index contributed by atoms with van der Waals surface area (Å²) in [5, 5.41) is 2.96. The molecule has 0 aliphatic heterocycles. The summed E-state index contributed by atoms with van der Waals surface area (Å²) in [6, 6.07) is 0.000937. The summed E-state index contributed by atoms with van der Waals surface area (Å²) in [5.74, 6) is 1.52. The Bertz CT molecular complexity index is 234. The van der Waals surface area contributed by atoms with Gasteiger partial charge in [0.1, 0.15) is 0 Å². The van der Waals surface area contributed by atoms with Crippen molar-refractivity contribution in [2.24, 2.45) is 11.7 Å². The van der Waals surface area contributed by atoms with Crippen molar-refractivity contribution >= 4 is 17.7 Å². The lowest BCUT2D eigenvalue weighted by molar-refractivity contribution is -0.122. The molecule has 0 spiro atoms. The van der Waals surface area contributed by atoms with Crippen molar-refractivity contribution in [3.63, 3.8) is 0 Å². The summed E-state index contributed by atoms with van der Waals surface area (Å²) in [7, 11) is 4.10. The highest BCUT2D eigenvalue weighted by Crippen LogP contribution is 2.08. The number of nitrogens with two attached hydrogens (primary N) is 1. The van der Waals surface area contributed by atoms with Crippen LogP contribution in [0.1, 0.15) is 26.7 Å². The fourth-order valence-corrected chi connectivity index (χ4v) is 2.24. The Morgan fingerprint density at radius 2 is 2.00 bits per heavy atom. The van der Waals surface area contributed by atoms with Crippen LogP contribution in [0.5, 0.6) is 0 Å². The van der Waals surface area contributed by atoms with E-state index in [1.54, 1.807) is 11.8 Å². The van der Waals surface area contributed by atoms with Gasteiger partial charge in [0.15, 0.2) is 0 Å². The van der Waals surface area contributed by atoms with Crippen LogP contribution in [-0.4, -0.2) is 55.5 Å². The highest BCUT2D eigenvalue weighted by Gasteiger charge is 2.17.